The first kappa shape index (κ1) is 15.0. The summed E-state index contributed by atoms with van der Waals surface area (Å²) in [5, 5.41) is 10.2. The SMILES string of the molecule is CC(C)c1ccc(CC2(O)CC3CCC(C2)S3(=O)=O)cc1. The quantitative estimate of drug-likeness (QED) is 0.934. The Balaban J connectivity index is 1.76. The van der Waals surface area contributed by atoms with Crippen molar-refractivity contribution in [3.8, 4) is 0 Å². The number of aliphatic hydroxyl groups is 1. The Bertz CT molecular complexity index is 596. The van der Waals surface area contributed by atoms with Crippen LogP contribution in [-0.4, -0.2) is 29.6 Å². The van der Waals surface area contributed by atoms with Crippen molar-refractivity contribution in [3.05, 3.63) is 35.4 Å². The van der Waals surface area contributed by atoms with Gasteiger partial charge < -0.3 is 5.11 Å². The van der Waals surface area contributed by atoms with Crippen LogP contribution in [0.4, 0.5) is 0 Å². The van der Waals surface area contributed by atoms with E-state index >= 15 is 0 Å². The maximum Gasteiger partial charge on any atom is 0.156 e. The van der Waals surface area contributed by atoms with Crippen LogP contribution in [0, 0.1) is 0 Å². The van der Waals surface area contributed by atoms with Crippen LogP contribution in [0.2, 0.25) is 0 Å². The van der Waals surface area contributed by atoms with E-state index in [0.29, 0.717) is 25.2 Å². The van der Waals surface area contributed by atoms with Gasteiger partial charge in [-0.05, 0) is 42.7 Å². The van der Waals surface area contributed by atoms with Crippen molar-refractivity contribution in [2.24, 2.45) is 0 Å². The van der Waals surface area contributed by atoms with Gasteiger partial charge in [0.05, 0.1) is 16.1 Å². The van der Waals surface area contributed by atoms with Crippen LogP contribution in [0.3, 0.4) is 0 Å². The van der Waals surface area contributed by atoms with E-state index in [9.17, 15) is 13.5 Å². The Morgan fingerprint density at radius 2 is 1.67 bits per heavy atom. The zero-order chi connectivity index (χ0) is 15.3. The highest BCUT2D eigenvalue weighted by atomic mass is 32.2. The molecule has 2 fully saturated rings. The van der Waals surface area contributed by atoms with Crippen molar-refractivity contribution in [2.45, 2.75) is 68.0 Å². The van der Waals surface area contributed by atoms with Crippen LogP contribution in [0.25, 0.3) is 0 Å². The molecule has 2 atom stereocenters. The number of hydrogen-bond acceptors (Lipinski definition) is 3. The van der Waals surface area contributed by atoms with E-state index in [4.69, 9.17) is 0 Å². The molecule has 0 spiro atoms. The lowest BCUT2D eigenvalue weighted by molar-refractivity contribution is 0.0219. The number of hydrogen-bond donors (Lipinski definition) is 1. The summed E-state index contributed by atoms with van der Waals surface area (Å²) in [4.78, 5) is 0. The number of benzene rings is 1. The summed E-state index contributed by atoms with van der Waals surface area (Å²) in [5.74, 6) is 0.498. The Labute approximate surface area is 127 Å². The van der Waals surface area contributed by atoms with E-state index in [2.05, 4.69) is 38.1 Å². The molecular formula is C17H24O3S. The molecule has 1 N–H and O–H groups in total. The maximum atomic E-state index is 12.1. The molecule has 1 aromatic rings. The summed E-state index contributed by atoms with van der Waals surface area (Å²) in [6.45, 7) is 4.32. The van der Waals surface area contributed by atoms with Gasteiger partial charge in [0.25, 0.3) is 0 Å². The second-order valence-electron chi connectivity index (χ2n) is 7.12. The summed E-state index contributed by atoms with van der Waals surface area (Å²) in [6.07, 6.45) is 2.81. The van der Waals surface area contributed by atoms with E-state index in [-0.39, 0.29) is 10.5 Å². The van der Waals surface area contributed by atoms with Gasteiger partial charge in [-0.3, -0.25) is 0 Å². The van der Waals surface area contributed by atoms with Crippen molar-refractivity contribution in [1.29, 1.82) is 0 Å². The van der Waals surface area contributed by atoms with Gasteiger partial charge in [-0.25, -0.2) is 8.42 Å². The average molecular weight is 308 g/mol. The van der Waals surface area contributed by atoms with E-state index in [1.54, 1.807) is 0 Å². The fraction of sp³-hybridized carbons (Fsp3) is 0.647. The molecule has 3 rings (SSSR count). The van der Waals surface area contributed by atoms with Crippen molar-refractivity contribution >= 4 is 9.84 Å². The summed E-state index contributed by atoms with van der Waals surface area (Å²) < 4.78 is 24.2. The lowest BCUT2D eigenvalue weighted by Gasteiger charge is -2.36. The third-order valence-electron chi connectivity index (χ3n) is 5.13. The maximum absolute atomic E-state index is 12.1. The topological polar surface area (TPSA) is 54.4 Å². The van der Waals surface area contributed by atoms with Gasteiger partial charge in [0, 0.05) is 6.42 Å². The predicted octanol–water partition coefficient (Wildman–Crippen LogP) is 2.82. The van der Waals surface area contributed by atoms with Crippen LogP contribution in [0.15, 0.2) is 24.3 Å². The molecule has 2 aliphatic heterocycles. The monoisotopic (exact) mass is 308 g/mol. The highest BCUT2D eigenvalue weighted by Gasteiger charge is 2.52. The zero-order valence-electron chi connectivity index (χ0n) is 12.7. The molecule has 0 saturated carbocycles. The first-order valence-corrected chi connectivity index (χ1v) is 9.45. The molecule has 4 heteroatoms. The molecule has 3 nitrogen and oxygen atoms in total. The minimum Gasteiger partial charge on any atom is -0.389 e. The molecule has 2 heterocycles. The minimum atomic E-state index is -2.97. The van der Waals surface area contributed by atoms with Gasteiger partial charge in [-0.1, -0.05) is 38.1 Å². The second kappa shape index (κ2) is 5.10. The predicted molar refractivity (Wildman–Crippen MR) is 84.1 cm³/mol. The molecular weight excluding hydrogens is 284 g/mol. The normalized spacial score (nSPS) is 34.3. The Hall–Kier alpha value is -0.870. The van der Waals surface area contributed by atoms with Gasteiger partial charge in [0.15, 0.2) is 9.84 Å². The standard InChI is InChI=1S/C17H24O3S/c1-12(2)14-5-3-13(4-6-14)9-17(18)10-15-7-8-16(11-17)21(15,19)20/h3-6,12,15-16,18H,7-11H2,1-2H3. The number of fused-ring (bicyclic) bond motifs is 2. The molecule has 2 saturated heterocycles. The van der Waals surface area contributed by atoms with E-state index < -0.39 is 15.4 Å². The average Bonchev–Trinajstić information content (AvgIpc) is 2.59. The number of sulfone groups is 1. The fourth-order valence-electron chi connectivity index (χ4n) is 3.88. The highest BCUT2D eigenvalue weighted by molar-refractivity contribution is 7.93. The van der Waals surface area contributed by atoms with Gasteiger partial charge in [0.2, 0.25) is 0 Å². The van der Waals surface area contributed by atoms with Crippen LogP contribution in [-0.2, 0) is 16.3 Å². The Morgan fingerprint density at radius 1 is 1.14 bits per heavy atom. The molecule has 21 heavy (non-hydrogen) atoms. The van der Waals surface area contributed by atoms with Crippen molar-refractivity contribution < 1.29 is 13.5 Å². The van der Waals surface area contributed by atoms with Gasteiger partial charge >= 0.3 is 0 Å². The molecule has 2 aliphatic rings. The summed E-state index contributed by atoms with van der Waals surface area (Å²) in [5.41, 5.74) is 1.54. The fourth-order valence-corrected chi connectivity index (χ4v) is 6.44. The van der Waals surface area contributed by atoms with Crippen LogP contribution < -0.4 is 0 Å². The van der Waals surface area contributed by atoms with Crippen LogP contribution >= 0.6 is 0 Å². The molecule has 2 unspecified atom stereocenters. The molecule has 0 radical (unpaired) electrons. The Kier molecular flexibility index (Phi) is 3.65. The van der Waals surface area contributed by atoms with E-state index in [0.717, 1.165) is 18.4 Å². The van der Waals surface area contributed by atoms with Crippen molar-refractivity contribution in [2.75, 3.05) is 0 Å². The Morgan fingerprint density at radius 3 is 2.14 bits per heavy atom. The third-order valence-corrected chi connectivity index (χ3v) is 7.80. The molecule has 116 valence electrons. The summed E-state index contributed by atoms with van der Waals surface area (Å²) >= 11 is 0. The van der Waals surface area contributed by atoms with E-state index in [1.807, 2.05) is 0 Å². The summed E-state index contributed by atoms with van der Waals surface area (Å²) in [6, 6.07) is 8.35. The van der Waals surface area contributed by atoms with Gasteiger partial charge in [0.1, 0.15) is 0 Å². The van der Waals surface area contributed by atoms with Crippen molar-refractivity contribution in [3.63, 3.8) is 0 Å². The van der Waals surface area contributed by atoms with E-state index in [1.165, 1.54) is 5.56 Å². The minimum absolute atomic E-state index is 0.323. The third kappa shape index (κ3) is 2.76. The lowest BCUT2D eigenvalue weighted by atomic mass is 9.86. The molecule has 2 bridgehead atoms. The van der Waals surface area contributed by atoms with Crippen LogP contribution in [0.1, 0.15) is 56.6 Å². The highest BCUT2D eigenvalue weighted by Crippen LogP contribution is 2.44. The van der Waals surface area contributed by atoms with Gasteiger partial charge in [-0.2, -0.15) is 0 Å². The first-order valence-electron chi connectivity index (χ1n) is 7.84. The lowest BCUT2D eigenvalue weighted by Crippen LogP contribution is -2.46. The summed E-state index contributed by atoms with van der Waals surface area (Å²) in [7, 11) is -2.97. The second-order valence-corrected chi connectivity index (χ2v) is 9.63. The molecule has 1 aromatic carbocycles. The smallest absolute Gasteiger partial charge is 0.156 e. The molecule has 0 amide bonds. The first-order chi connectivity index (χ1) is 9.80. The largest absolute Gasteiger partial charge is 0.389 e. The van der Waals surface area contributed by atoms with Gasteiger partial charge in [-0.15, -0.1) is 0 Å². The van der Waals surface area contributed by atoms with Crippen LogP contribution in [0.5, 0.6) is 0 Å². The molecule has 0 aromatic heterocycles. The molecule has 0 aliphatic carbocycles. The van der Waals surface area contributed by atoms with Crippen molar-refractivity contribution in [1.82, 2.24) is 0 Å². The zero-order valence-corrected chi connectivity index (χ0v) is 13.6. The number of rotatable bonds is 3.